The maximum atomic E-state index is 13.6. The van der Waals surface area contributed by atoms with Crippen LogP contribution in [0.5, 0.6) is 0 Å². The summed E-state index contributed by atoms with van der Waals surface area (Å²) < 4.78 is 10.3. The van der Waals surface area contributed by atoms with Crippen molar-refractivity contribution in [1.29, 1.82) is 0 Å². The third kappa shape index (κ3) is 4.39. The monoisotopic (exact) mass is 620 g/mol. The smallest absolute Gasteiger partial charge is 0.323 e. The molecule has 1 aliphatic carbocycles. The van der Waals surface area contributed by atoms with E-state index in [0.29, 0.717) is 29.0 Å². The Morgan fingerprint density at radius 2 is 1.72 bits per heavy atom. The van der Waals surface area contributed by atoms with E-state index in [1.807, 2.05) is 38.2 Å². The van der Waals surface area contributed by atoms with Crippen molar-refractivity contribution in [3.05, 3.63) is 104 Å². The van der Waals surface area contributed by atoms with Gasteiger partial charge < -0.3 is 19.9 Å². The van der Waals surface area contributed by atoms with Gasteiger partial charge in [-0.15, -0.1) is 0 Å². The molecule has 0 saturated carbocycles. The standard InChI is InChI=1S/C37H40N4O5/c1-10-21-17(3)24-14-26-19(5)23(12-13-30(42)45-8)33(40-26)32-34-31(35(43)37(32,7)36(44)46-9)20(6)27(41-34)16-29-22(11-2)18(4)25(39-29)15-28(21)38-24/h10,14-16,19,23,40,43H,1,11-13H2,2-9H3/t19-,23-,37+/m0/s1. The highest BCUT2D eigenvalue weighted by Gasteiger charge is 2.57. The van der Waals surface area contributed by atoms with Crippen molar-refractivity contribution < 1.29 is 24.2 Å². The molecule has 6 rings (SSSR count). The fraction of sp³-hybridized carbons (Fsp3) is 0.378. The number of aliphatic imine (C=N–C) groups is 3. The van der Waals surface area contributed by atoms with E-state index in [1.54, 1.807) is 6.92 Å². The molecule has 2 N–H and O–H groups in total. The van der Waals surface area contributed by atoms with Crippen LogP contribution in [0.2, 0.25) is 0 Å². The fourth-order valence-corrected chi connectivity index (χ4v) is 7.45. The van der Waals surface area contributed by atoms with Gasteiger partial charge in [0.15, 0.2) is 5.41 Å². The van der Waals surface area contributed by atoms with Gasteiger partial charge in [-0.1, -0.05) is 26.5 Å². The summed E-state index contributed by atoms with van der Waals surface area (Å²) in [5, 5.41) is 15.5. The molecule has 3 atom stereocenters. The minimum absolute atomic E-state index is 0.0954. The van der Waals surface area contributed by atoms with E-state index in [-0.39, 0.29) is 30.0 Å². The molecular weight excluding hydrogens is 580 g/mol. The molecule has 9 heteroatoms. The molecule has 9 nitrogen and oxygen atoms in total. The lowest BCUT2D eigenvalue weighted by Gasteiger charge is -2.27. The normalized spacial score (nSPS) is 26.6. The number of esters is 2. The highest BCUT2D eigenvalue weighted by molar-refractivity contribution is 6.25. The Labute approximate surface area is 269 Å². The zero-order valence-corrected chi connectivity index (χ0v) is 27.7. The average molecular weight is 621 g/mol. The molecule has 0 aromatic heterocycles. The third-order valence-electron chi connectivity index (χ3n) is 10.3. The Balaban J connectivity index is 1.69. The van der Waals surface area contributed by atoms with E-state index in [4.69, 9.17) is 24.5 Å². The van der Waals surface area contributed by atoms with Crippen LogP contribution in [-0.2, 0) is 19.1 Å². The minimum Gasteiger partial charge on any atom is -0.510 e. The van der Waals surface area contributed by atoms with E-state index in [2.05, 4.69) is 32.7 Å². The minimum atomic E-state index is -1.52. The fourth-order valence-electron chi connectivity index (χ4n) is 7.45. The lowest BCUT2D eigenvalue weighted by molar-refractivity contribution is -0.148. The number of nitrogens with one attached hydrogen (secondary N) is 1. The molecule has 0 radical (unpaired) electrons. The van der Waals surface area contributed by atoms with Gasteiger partial charge in [0.25, 0.3) is 0 Å². The van der Waals surface area contributed by atoms with Crippen LogP contribution in [0.3, 0.4) is 0 Å². The number of hydrogen-bond donors (Lipinski definition) is 2. The van der Waals surface area contributed by atoms with Crippen molar-refractivity contribution in [2.24, 2.45) is 32.2 Å². The molecule has 46 heavy (non-hydrogen) atoms. The number of rotatable bonds is 6. The second-order valence-electron chi connectivity index (χ2n) is 12.6. The van der Waals surface area contributed by atoms with Crippen LogP contribution >= 0.6 is 0 Å². The number of aliphatic hydroxyl groups excluding tert-OH is 1. The van der Waals surface area contributed by atoms with E-state index in [0.717, 1.165) is 68.5 Å². The Bertz CT molecular complexity index is 1880. The first-order chi connectivity index (χ1) is 21.9. The van der Waals surface area contributed by atoms with Crippen LogP contribution in [0, 0.1) is 17.3 Å². The molecule has 5 heterocycles. The molecule has 0 aromatic carbocycles. The summed E-state index contributed by atoms with van der Waals surface area (Å²) in [7, 11) is 2.69. The Hall–Kier alpha value is -4.79. The number of carbonyl (C=O) groups is 2. The number of allylic oxidation sites excluding steroid dienone is 11. The van der Waals surface area contributed by atoms with Crippen molar-refractivity contribution in [2.45, 2.75) is 60.8 Å². The summed E-state index contributed by atoms with van der Waals surface area (Å²) in [6.45, 7) is 16.0. The van der Waals surface area contributed by atoms with Crippen molar-refractivity contribution in [3.63, 3.8) is 0 Å². The highest BCUT2D eigenvalue weighted by Crippen LogP contribution is 2.54. The Morgan fingerprint density at radius 1 is 1.02 bits per heavy atom. The lowest BCUT2D eigenvalue weighted by Crippen LogP contribution is -2.35. The number of ether oxygens (including phenoxy) is 2. The van der Waals surface area contributed by atoms with Crippen LogP contribution in [0.1, 0.15) is 60.8 Å². The van der Waals surface area contributed by atoms with Gasteiger partial charge in [-0.2, -0.15) is 0 Å². The number of fused-ring (bicyclic) bond motifs is 5. The van der Waals surface area contributed by atoms with Crippen LogP contribution in [0.25, 0.3) is 0 Å². The molecule has 0 spiro atoms. The van der Waals surface area contributed by atoms with Crippen molar-refractivity contribution in [1.82, 2.24) is 5.32 Å². The molecule has 1 fully saturated rings. The Morgan fingerprint density at radius 3 is 2.37 bits per heavy atom. The predicted octanol–water partition coefficient (Wildman–Crippen LogP) is 6.59. The van der Waals surface area contributed by atoms with Gasteiger partial charge in [0.2, 0.25) is 0 Å². The van der Waals surface area contributed by atoms with Crippen LogP contribution < -0.4 is 5.32 Å². The van der Waals surface area contributed by atoms with Gasteiger partial charge >= 0.3 is 11.9 Å². The van der Waals surface area contributed by atoms with Gasteiger partial charge in [-0.3, -0.25) is 9.59 Å². The quantitative estimate of drug-likeness (QED) is 0.323. The molecular formula is C37H40N4O5. The van der Waals surface area contributed by atoms with Crippen LogP contribution in [0.15, 0.2) is 119 Å². The topological polar surface area (TPSA) is 122 Å². The summed E-state index contributed by atoms with van der Waals surface area (Å²) >= 11 is 0. The van der Waals surface area contributed by atoms with Crippen LogP contribution in [0.4, 0.5) is 0 Å². The third-order valence-corrected chi connectivity index (χ3v) is 10.3. The van der Waals surface area contributed by atoms with Crippen molar-refractivity contribution in [2.75, 3.05) is 14.2 Å². The molecule has 0 unspecified atom stereocenters. The van der Waals surface area contributed by atoms with Gasteiger partial charge in [-0.25, -0.2) is 15.0 Å². The van der Waals surface area contributed by atoms with Crippen molar-refractivity contribution >= 4 is 29.1 Å². The summed E-state index contributed by atoms with van der Waals surface area (Å²) in [6, 6.07) is 0. The zero-order chi connectivity index (χ0) is 33.2. The predicted molar refractivity (Wildman–Crippen MR) is 179 cm³/mol. The van der Waals surface area contributed by atoms with Crippen LogP contribution in [-0.4, -0.2) is 48.4 Å². The van der Waals surface area contributed by atoms with E-state index in [9.17, 15) is 14.7 Å². The maximum absolute atomic E-state index is 13.6. The number of hydrogen-bond acceptors (Lipinski definition) is 9. The molecule has 238 valence electrons. The first-order valence-corrected chi connectivity index (χ1v) is 15.7. The summed E-state index contributed by atoms with van der Waals surface area (Å²) in [5.41, 5.74) is 10.4. The molecule has 5 aliphatic heterocycles. The van der Waals surface area contributed by atoms with E-state index < -0.39 is 11.4 Å². The van der Waals surface area contributed by atoms with E-state index >= 15 is 0 Å². The van der Waals surface area contributed by atoms with Gasteiger partial charge in [0, 0.05) is 46.4 Å². The number of methoxy groups -OCH3 is 2. The average Bonchev–Trinajstić information content (AvgIpc) is 3.76. The number of carbonyl (C=O) groups excluding carboxylic acids is 2. The zero-order valence-electron chi connectivity index (χ0n) is 27.7. The number of nitrogens with zero attached hydrogens (tertiary/aromatic N) is 3. The van der Waals surface area contributed by atoms with Gasteiger partial charge in [0.1, 0.15) is 5.76 Å². The molecule has 1 saturated heterocycles. The first-order valence-electron chi connectivity index (χ1n) is 15.7. The summed E-state index contributed by atoms with van der Waals surface area (Å²) in [4.78, 5) is 41.2. The maximum Gasteiger partial charge on any atom is 0.323 e. The second-order valence-corrected chi connectivity index (χ2v) is 12.6. The largest absolute Gasteiger partial charge is 0.510 e. The molecule has 0 amide bonds. The molecule has 6 aliphatic rings. The van der Waals surface area contributed by atoms with Crippen molar-refractivity contribution in [3.8, 4) is 0 Å². The molecule has 8 bridgehead atoms. The summed E-state index contributed by atoms with van der Waals surface area (Å²) in [6.07, 6.45) is 9.24. The highest BCUT2D eigenvalue weighted by atomic mass is 16.5. The Kier molecular flexibility index (Phi) is 7.61. The van der Waals surface area contributed by atoms with Gasteiger partial charge in [0.05, 0.1) is 48.4 Å². The molecule has 0 aromatic rings. The van der Waals surface area contributed by atoms with Gasteiger partial charge in [-0.05, 0) is 81.1 Å². The SMILES string of the molecule is C=CC1=C(C)C2=NC1=CC1=NC(=CC3=C(C)C4=C(O)[C@](C)(C(=O)OC)C(=C5NC(=C2)[C@@H](C)[C@@H]5CCC(=O)OC)C4=N3)C(CC)=C1C. The number of aliphatic hydroxyl groups is 1. The first kappa shape index (κ1) is 31.2. The lowest BCUT2D eigenvalue weighted by atomic mass is 9.78. The summed E-state index contributed by atoms with van der Waals surface area (Å²) in [5.74, 6) is -1.35. The second kappa shape index (κ2) is 11.2. The van der Waals surface area contributed by atoms with E-state index in [1.165, 1.54) is 14.2 Å².